The minimum atomic E-state index is -0.776. The predicted octanol–water partition coefficient (Wildman–Crippen LogP) is 3.72. The minimum absolute atomic E-state index is 0.00193. The van der Waals surface area contributed by atoms with Gasteiger partial charge >= 0.3 is 0 Å². The molecule has 0 N–H and O–H groups in total. The highest BCUT2D eigenvalue weighted by Gasteiger charge is 2.23. The second-order valence-electron chi connectivity index (χ2n) is 5.43. The van der Waals surface area contributed by atoms with E-state index in [0.29, 0.717) is 0 Å². The van der Waals surface area contributed by atoms with Gasteiger partial charge in [-0.05, 0) is 5.92 Å². The van der Waals surface area contributed by atoms with Crippen LogP contribution in [0.3, 0.4) is 0 Å². The summed E-state index contributed by atoms with van der Waals surface area (Å²) in [5.74, 6) is 0.924. The van der Waals surface area contributed by atoms with Crippen molar-refractivity contribution in [1.29, 1.82) is 0 Å². The van der Waals surface area contributed by atoms with E-state index in [1.165, 1.54) is 15.6 Å². The molecule has 0 aliphatic rings. The third-order valence-corrected chi connectivity index (χ3v) is 15.2. The number of rotatable bonds is 6. The summed E-state index contributed by atoms with van der Waals surface area (Å²) in [4.78, 5) is 0. The molecule has 0 aliphatic heterocycles. The van der Waals surface area contributed by atoms with Gasteiger partial charge in [0, 0.05) is 26.4 Å². The van der Waals surface area contributed by atoms with E-state index in [1.54, 1.807) is 11.3 Å². The van der Waals surface area contributed by atoms with E-state index in [-0.39, 0.29) is 8.80 Å². The van der Waals surface area contributed by atoms with Gasteiger partial charge in [-0.15, -0.1) is 0 Å². The summed E-state index contributed by atoms with van der Waals surface area (Å²) in [6.45, 7) is 14.8. The molecule has 0 saturated carbocycles. The van der Waals surface area contributed by atoms with Crippen LogP contribution < -0.4 is 0 Å². The third kappa shape index (κ3) is 7.70. The highest BCUT2D eigenvalue weighted by atomic mass is 28.4. The molecule has 3 radical (unpaired) electrons. The Kier molecular flexibility index (Phi) is 6.50. The van der Waals surface area contributed by atoms with Crippen LogP contribution in [0, 0.1) is 5.92 Å². The normalized spacial score (nSPS) is 12.9. The van der Waals surface area contributed by atoms with Gasteiger partial charge in [0.05, 0.1) is 0 Å². The van der Waals surface area contributed by atoms with Gasteiger partial charge in [0.15, 0.2) is 0 Å². The maximum Gasteiger partial charge on any atom is 0.0420 e. The average Bonchev–Trinajstić information content (AvgIpc) is 1.81. The molecule has 13 heavy (non-hydrogen) atoms. The van der Waals surface area contributed by atoms with Crippen molar-refractivity contribution in [3.8, 4) is 0 Å². The van der Waals surface area contributed by atoms with Crippen molar-refractivity contribution in [2.75, 3.05) is 0 Å². The van der Waals surface area contributed by atoms with Gasteiger partial charge in [0.25, 0.3) is 0 Å². The molecule has 0 amide bonds. The fraction of sp³-hybridized carbons (Fsp3) is 1.00. The first-order valence-corrected chi connectivity index (χ1v) is 12.9. The molecule has 0 aliphatic carbocycles. The zero-order chi connectivity index (χ0) is 10.5. The summed E-state index contributed by atoms with van der Waals surface area (Å²) in [6.07, 6.45) is 0. The molecule has 0 saturated heterocycles. The lowest BCUT2D eigenvalue weighted by atomic mass is 10.3. The molecule has 0 aromatic heterocycles. The molecule has 3 heteroatoms. The van der Waals surface area contributed by atoms with E-state index >= 15 is 0 Å². The molecule has 0 nitrogen and oxygen atoms in total. The van der Waals surface area contributed by atoms with Crippen molar-refractivity contribution in [1.82, 2.24) is 0 Å². The van der Waals surface area contributed by atoms with Crippen LogP contribution in [0.25, 0.3) is 0 Å². The van der Waals surface area contributed by atoms with E-state index in [2.05, 4.69) is 40.0 Å². The molecular weight excluding hydrogens is 204 g/mol. The Bertz CT molecular complexity index is 132. The Balaban J connectivity index is 3.81. The maximum absolute atomic E-state index is 2.58. The Labute approximate surface area is 90.0 Å². The number of hydrogen-bond donors (Lipinski definition) is 0. The van der Waals surface area contributed by atoms with Crippen LogP contribution in [0.2, 0.25) is 43.6 Å². The van der Waals surface area contributed by atoms with Crippen LogP contribution in [0.15, 0.2) is 0 Å². The van der Waals surface area contributed by atoms with Crippen LogP contribution in [0.4, 0.5) is 0 Å². The van der Waals surface area contributed by atoms with Crippen LogP contribution in [0.1, 0.15) is 13.8 Å². The van der Waals surface area contributed by atoms with Gasteiger partial charge in [0.2, 0.25) is 0 Å². The van der Waals surface area contributed by atoms with Crippen molar-refractivity contribution in [3.63, 3.8) is 0 Å². The summed E-state index contributed by atoms with van der Waals surface area (Å²) in [6, 6.07) is 1.52. The SMILES string of the molecule is C[Si]C[Si](C)(C)C[Si](C)CC(C)C. The lowest BCUT2D eigenvalue weighted by Crippen LogP contribution is -2.33. The topological polar surface area (TPSA) is 0 Å². The molecule has 0 bridgehead atoms. The summed E-state index contributed by atoms with van der Waals surface area (Å²) in [5, 5.41) is 0. The van der Waals surface area contributed by atoms with E-state index in [9.17, 15) is 0 Å². The average molecular weight is 230 g/mol. The van der Waals surface area contributed by atoms with E-state index in [1.807, 2.05) is 0 Å². The van der Waals surface area contributed by atoms with Crippen LogP contribution in [0.5, 0.6) is 0 Å². The third-order valence-electron chi connectivity index (χ3n) is 2.19. The zero-order valence-corrected chi connectivity index (χ0v) is 13.2. The first kappa shape index (κ1) is 13.7. The summed E-state index contributed by atoms with van der Waals surface area (Å²) in [5.41, 5.74) is 3.20. The largest absolute Gasteiger partial charge is 0.0735 e. The second kappa shape index (κ2) is 6.19. The quantitative estimate of drug-likeness (QED) is 0.609. The van der Waals surface area contributed by atoms with Crippen molar-refractivity contribution >= 4 is 26.4 Å². The Morgan fingerprint density at radius 2 is 1.85 bits per heavy atom. The molecule has 0 atom stereocenters. The van der Waals surface area contributed by atoms with Crippen molar-refractivity contribution in [2.24, 2.45) is 5.92 Å². The Hall–Kier alpha value is 0.651. The molecule has 0 fully saturated rings. The predicted molar refractivity (Wildman–Crippen MR) is 70.0 cm³/mol. The van der Waals surface area contributed by atoms with Gasteiger partial charge < -0.3 is 0 Å². The lowest BCUT2D eigenvalue weighted by Gasteiger charge is -2.25. The minimum Gasteiger partial charge on any atom is -0.0735 e. The zero-order valence-electron chi connectivity index (χ0n) is 10.2. The van der Waals surface area contributed by atoms with Crippen molar-refractivity contribution < 1.29 is 0 Å². The smallest absolute Gasteiger partial charge is 0.0420 e. The molecule has 0 aromatic rings. The Morgan fingerprint density at radius 3 is 2.23 bits per heavy atom. The fourth-order valence-corrected chi connectivity index (χ4v) is 16.1. The second-order valence-corrected chi connectivity index (χ2v) is 15.6. The standard InChI is InChI=1S/C10H25Si3/c1-10(2)7-12(4)9-13(5,6)8-11-3/h10H,7-9H2,1-6H3. The molecular formula is C10H25Si3. The van der Waals surface area contributed by atoms with E-state index < -0.39 is 8.07 Å². The van der Waals surface area contributed by atoms with Crippen LogP contribution in [-0.2, 0) is 0 Å². The number of hydrogen-bond acceptors (Lipinski definition) is 0. The van der Waals surface area contributed by atoms with Gasteiger partial charge in [-0.25, -0.2) is 0 Å². The van der Waals surface area contributed by atoms with Crippen molar-refractivity contribution in [3.05, 3.63) is 0 Å². The fourth-order valence-electron chi connectivity index (χ4n) is 2.13. The summed E-state index contributed by atoms with van der Waals surface area (Å²) < 4.78 is 0. The maximum atomic E-state index is 2.58. The first-order valence-electron chi connectivity index (χ1n) is 5.33. The van der Waals surface area contributed by atoms with Gasteiger partial charge in [-0.1, -0.05) is 57.4 Å². The molecule has 0 spiro atoms. The van der Waals surface area contributed by atoms with Crippen molar-refractivity contribution in [2.45, 2.75) is 57.4 Å². The monoisotopic (exact) mass is 229 g/mol. The van der Waals surface area contributed by atoms with Gasteiger partial charge in [-0.3, -0.25) is 0 Å². The highest BCUT2D eigenvalue weighted by Crippen LogP contribution is 2.20. The van der Waals surface area contributed by atoms with E-state index in [4.69, 9.17) is 0 Å². The van der Waals surface area contributed by atoms with Crippen LogP contribution >= 0.6 is 0 Å². The summed E-state index contributed by atoms with van der Waals surface area (Å²) >= 11 is 0. The molecule has 0 aromatic carbocycles. The molecule has 0 heterocycles. The van der Waals surface area contributed by atoms with E-state index in [0.717, 1.165) is 5.92 Å². The molecule has 0 rings (SSSR count). The lowest BCUT2D eigenvalue weighted by molar-refractivity contribution is 0.726. The molecule has 77 valence electrons. The summed E-state index contributed by atoms with van der Waals surface area (Å²) in [7, 11) is 0.405. The van der Waals surface area contributed by atoms with Gasteiger partial charge in [-0.2, -0.15) is 0 Å². The first-order chi connectivity index (χ1) is 5.87. The van der Waals surface area contributed by atoms with Crippen LogP contribution in [-0.4, -0.2) is 26.4 Å². The van der Waals surface area contributed by atoms with Gasteiger partial charge in [0.1, 0.15) is 0 Å². The molecule has 0 unspecified atom stereocenters. The highest BCUT2D eigenvalue weighted by molar-refractivity contribution is 6.92. The Morgan fingerprint density at radius 1 is 1.31 bits per heavy atom.